The molecular weight excluding hydrogens is 530 g/mol. The number of thiophene rings is 1. The largest absolute Gasteiger partial charge is 0.490 e. The quantitative estimate of drug-likeness (QED) is 0.198. The molecule has 2 aliphatic heterocycles. The van der Waals surface area contributed by atoms with E-state index in [-0.39, 0.29) is 17.9 Å². The van der Waals surface area contributed by atoms with Gasteiger partial charge >= 0.3 is 11.8 Å². The van der Waals surface area contributed by atoms with Crippen LogP contribution in [0.15, 0.2) is 72.2 Å². The molecule has 1 unspecified atom stereocenters. The van der Waals surface area contributed by atoms with E-state index in [0.29, 0.717) is 26.2 Å². The molecule has 0 radical (unpaired) electrons. The van der Waals surface area contributed by atoms with E-state index in [2.05, 4.69) is 62.6 Å². The van der Waals surface area contributed by atoms with Crippen LogP contribution in [0.5, 0.6) is 17.5 Å². The maximum absolute atomic E-state index is 10.9. The zero-order chi connectivity index (χ0) is 27.3. The Balaban J connectivity index is 0.930. The zero-order valence-corrected chi connectivity index (χ0v) is 22.9. The molecule has 10 nitrogen and oxygen atoms in total. The van der Waals surface area contributed by atoms with E-state index < -0.39 is 4.92 Å². The third-order valence-electron chi connectivity index (χ3n) is 7.18. The molecule has 0 aliphatic carbocycles. The number of benzene rings is 2. The second-order valence-corrected chi connectivity index (χ2v) is 11.0. The summed E-state index contributed by atoms with van der Waals surface area (Å²) in [4.78, 5) is 20.5. The average molecular weight is 562 g/mol. The number of rotatable bonds is 10. The number of aromatic nitrogens is 2. The Morgan fingerprint density at radius 2 is 1.73 bits per heavy atom. The number of imidazole rings is 1. The summed E-state index contributed by atoms with van der Waals surface area (Å²) in [5.74, 6) is 1.48. The van der Waals surface area contributed by atoms with Gasteiger partial charge in [-0.2, -0.15) is 0 Å². The molecule has 4 heterocycles. The fourth-order valence-electron chi connectivity index (χ4n) is 4.94. The van der Waals surface area contributed by atoms with Crippen LogP contribution in [0.1, 0.15) is 16.9 Å². The molecule has 1 saturated heterocycles. The molecule has 0 spiro atoms. The molecule has 0 N–H and O–H groups in total. The van der Waals surface area contributed by atoms with Crippen LogP contribution in [-0.4, -0.2) is 58.3 Å². The Labute approximate surface area is 236 Å². The van der Waals surface area contributed by atoms with Gasteiger partial charge in [0.05, 0.1) is 0 Å². The highest BCUT2D eigenvalue weighted by Crippen LogP contribution is 2.26. The Morgan fingerprint density at radius 1 is 0.975 bits per heavy atom. The number of aryl methyl sites for hydroxylation is 1. The van der Waals surface area contributed by atoms with Crippen molar-refractivity contribution in [2.75, 3.05) is 37.7 Å². The van der Waals surface area contributed by atoms with Gasteiger partial charge in [0.15, 0.2) is 0 Å². The number of anilines is 1. The Kier molecular flexibility index (Phi) is 7.83. The van der Waals surface area contributed by atoms with Crippen molar-refractivity contribution in [2.45, 2.75) is 32.2 Å². The summed E-state index contributed by atoms with van der Waals surface area (Å²) in [6.45, 7) is 6.47. The lowest BCUT2D eigenvalue weighted by molar-refractivity contribution is -0.389. The molecule has 6 rings (SSSR count). The first-order valence-corrected chi connectivity index (χ1v) is 14.3. The smallest absolute Gasteiger partial charge is 0.414 e. The van der Waals surface area contributed by atoms with Gasteiger partial charge in [-0.25, -0.2) is 0 Å². The number of hydrogen-bond acceptors (Lipinski definition) is 9. The Morgan fingerprint density at radius 3 is 2.45 bits per heavy atom. The highest BCUT2D eigenvalue weighted by molar-refractivity contribution is 7.09. The van der Waals surface area contributed by atoms with Gasteiger partial charge in [-0.15, -0.1) is 11.3 Å². The summed E-state index contributed by atoms with van der Waals surface area (Å²) in [7, 11) is 0. The van der Waals surface area contributed by atoms with Crippen LogP contribution < -0.4 is 19.1 Å². The van der Waals surface area contributed by atoms with E-state index in [4.69, 9.17) is 14.2 Å². The van der Waals surface area contributed by atoms with Crippen molar-refractivity contribution in [1.29, 1.82) is 0 Å². The molecular formula is C29H31N5O5S. The summed E-state index contributed by atoms with van der Waals surface area (Å²) in [5, 5.41) is 13.0. The normalized spacial score (nSPS) is 17.2. The van der Waals surface area contributed by atoms with E-state index in [9.17, 15) is 10.1 Å². The molecule has 4 aromatic rings. The number of piperazine rings is 1. The van der Waals surface area contributed by atoms with Gasteiger partial charge in [0, 0.05) is 61.2 Å². The van der Waals surface area contributed by atoms with Crippen LogP contribution in [0.25, 0.3) is 0 Å². The fourth-order valence-corrected chi connectivity index (χ4v) is 5.56. The van der Waals surface area contributed by atoms with Crippen LogP contribution >= 0.6 is 11.3 Å². The SMILES string of the molecule is O=[N+]([O-])c1cn2c(n1)OC(COc1ccc(N3CCN(Cc4ccc(OCc5cccs5)cc4)CC3)cc1)CC2. The first-order valence-electron chi connectivity index (χ1n) is 13.4. The lowest BCUT2D eigenvalue weighted by atomic mass is 10.2. The monoisotopic (exact) mass is 561 g/mol. The van der Waals surface area contributed by atoms with E-state index in [0.717, 1.165) is 44.2 Å². The molecule has 2 aromatic heterocycles. The molecule has 2 aliphatic rings. The maximum Gasteiger partial charge on any atom is 0.414 e. The summed E-state index contributed by atoms with van der Waals surface area (Å²) in [6, 6.07) is 21.0. The Hall–Kier alpha value is -4.09. The van der Waals surface area contributed by atoms with Gasteiger partial charge in [0.2, 0.25) is 0 Å². The fraction of sp³-hybridized carbons (Fsp3) is 0.345. The number of ether oxygens (including phenoxy) is 3. The molecule has 0 saturated carbocycles. The molecule has 0 amide bonds. The minimum atomic E-state index is -0.510. The van der Waals surface area contributed by atoms with Crippen LogP contribution in [0, 0.1) is 10.1 Å². The van der Waals surface area contributed by atoms with Gasteiger partial charge in [0.25, 0.3) is 0 Å². The summed E-state index contributed by atoms with van der Waals surface area (Å²) >= 11 is 1.71. The topological polar surface area (TPSA) is 95.1 Å². The van der Waals surface area contributed by atoms with Crippen LogP contribution in [0.3, 0.4) is 0 Å². The first kappa shape index (κ1) is 26.1. The third-order valence-corrected chi connectivity index (χ3v) is 8.03. The molecule has 2 aromatic carbocycles. The van der Waals surface area contributed by atoms with E-state index >= 15 is 0 Å². The van der Waals surface area contributed by atoms with Crippen molar-refractivity contribution in [1.82, 2.24) is 14.5 Å². The zero-order valence-electron chi connectivity index (χ0n) is 22.1. The Bertz CT molecular complexity index is 1400. The minimum absolute atomic E-state index is 0.197. The van der Waals surface area contributed by atoms with Crippen molar-refractivity contribution < 1.29 is 19.1 Å². The second-order valence-electron chi connectivity index (χ2n) is 9.94. The number of hydrogen-bond donors (Lipinski definition) is 0. The van der Waals surface area contributed by atoms with Crippen molar-refractivity contribution in [2.24, 2.45) is 0 Å². The van der Waals surface area contributed by atoms with Crippen molar-refractivity contribution in [3.8, 4) is 17.5 Å². The van der Waals surface area contributed by atoms with Crippen molar-refractivity contribution >= 4 is 22.8 Å². The first-order chi connectivity index (χ1) is 19.6. The standard InChI is InChI=1S/C29H31N5O5S/c35-34(36)28-19-33-12-11-26(39-29(33)30-28)20-37-25-9-5-23(6-10-25)32-15-13-31(14-16-32)18-22-3-7-24(8-4-22)38-21-27-2-1-17-40-27/h1-10,17,19,26H,11-16,18,20-21H2. The van der Waals surface area contributed by atoms with Crippen LogP contribution in [0.2, 0.25) is 0 Å². The van der Waals surface area contributed by atoms with Crippen molar-refractivity contribution in [3.63, 3.8) is 0 Å². The summed E-state index contributed by atoms with van der Waals surface area (Å²) in [6.07, 6.45) is 1.92. The average Bonchev–Trinajstić information content (AvgIpc) is 3.67. The van der Waals surface area contributed by atoms with E-state index in [1.807, 2.05) is 18.2 Å². The van der Waals surface area contributed by atoms with E-state index in [1.165, 1.54) is 22.3 Å². The maximum atomic E-state index is 10.9. The summed E-state index contributed by atoms with van der Waals surface area (Å²) < 4.78 is 19.3. The number of nitrogens with zero attached hydrogens (tertiary/aromatic N) is 5. The number of fused-ring (bicyclic) bond motifs is 1. The highest BCUT2D eigenvalue weighted by atomic mass is 32.1. The molecule has 0 bridgehead atoms. The lowest BCUT2D eigenvalue weighted by Crippen LogP contribution is -2.45. The van der Waals surface area contributed by atoms with Gasteiger partial charge < -0.3 is 29.2 Å². The number of nitro groups is 1. The van der Waals surface area contributed by atoms with Crippen molar-refractivity contribution in [3.05, 3.63) is 92.8 Å². The predicted octanol–water partition coefficient (Wildman–Crippen LogP) is 4.98. The summed E-state index contributed by atoms with van der Waals surface area (Å²) in [5.41, 5.74) is 2.48. The van der Waals surface area contributed by atoms with E-state index in [1.54, 1.807) is 15.9 Å². The van der Waals surface area contributed by atoms with Gasteiger partial charge in [-0.3, -0.25) is 9.47 Å². The van der Waals surface area contributed by atoms with Gasteiger partial charge in [-0.05, 0) is 58.3 Å². The molecule has 1 atom stereocenters. The van der Waals surface area contributed by atoms with Crippen LogP contribution in [0.4, 0.5) is 11.5 Å². The van der Waals surface area contributed by atoms with Gasteiger partial charge in [0.1, 0.15) is 37.0 Å². The molecule has 208 valence electrons. The molecule has 40 heavy (non-hydrogen) atoms. The molecule has 11 heteroatoms. The molecule has 1 fully saturated rings. The minimum Gasteiger partial charge on any atom is -0.490 e. The van der Waals surface area contributed by atoms with Gasteiger partial charge in [-0.1, -0.05) is 18.2 Å². The van der Waals surface area contributed by atoms with Crippen LogP contribution in [-0.2, 0) is 19.7 Å². The highest BCUT2D eigenvalue weighted by Gasteiger charge is 2.28. The lowest BCUT2D eigenvalue weighted by Gasteiger charge is -2.36. The second kappa shape index (κ2) is 12.0. The predicted molar refractivity (Wildman–Crippen MR) is 152 cm³/mol. The third kappa shape index (κ3) is 6.37.